The predicted molar refractivity (Wildman–Crippen MR) is 90.2 cm³/mol. The number of carbonyl (C=O) groups is 1. The molecule has 1 aliphatic heterocycles. The van der Waals surface area contributed by atoms with E-state index in [9.17, 15) is 4.79 Å². The fraction of sp³-hybridized carbons (Fsp3) is 0.444. The summed E-state index contributed by atoms with van der Waals surface area (Å²) in [5, 5.41) is 3.16. The molecular formula is C18H24N4O. The Labute approximate surface area is 137 Å². The van der Waals surface area contributed by atoms with Crippen LogP contribution in [0, 0.1) is 0 Å². The molecule has 2 N–H and O–H groups in total. The highest BCUT2D eigenvalue weighted by atomic mass is 16.1. The van der Waals surface area contributed by atoms with Gasteiger partial charge in [-0.1, -0.05) is 13.0 Å². The Balaban J connectivity index is 1.55. The molecule has 1 amide bonds. The van der Waals surface area contributed by atoms with E-state index in [2.05, 4.69) is 33.2 Å². The van der Waals surface area contributed by atoms with Crippen molar-refractivity contribution in [1.82, 2.24) is 20.2 Å². The van der Waals surface area contributed by atoms with Crippen molar-refractivity contribution in [2.75, 3.05) is 13.1 Å². The summed E-state index contributed by atoms with van der Waals surface area (Å²) in [6.45, 7) is 4.93. The molecule has 0 aliphatic carbocycles. The molecule has 2 aromatic heterocycles. The number of likely N-dealkylation sites (tertiary alicyclic amines) is 1. The third-order valence-corrected chi connectivity index (χ3v) is 4.34. The van der Waals surface area contributed by atoms with Gasteiger partial charge in [-0.15, -0.1) is 0 Å². The van der Waals surface area contributed by atoms with Gasteiger partial charge in [0.15, 0.2) is 0 Å². The van der Waals surface area contributed by atoms with E-state index in [1.54, 1.807) is 6.20 Å². The number of nitrogens with one attached hydrogen (secondary N) is 2. The van der Waals surface area contributed by atoms with Crippen molar-refractivity contribution in [3.05, 3.63) is 53.6 Å². The number of piperidine rings is 1. The minimum atomic E-state index is -0.00192. The average molecular weight is 312 g/mol. The van der Waals surface area contributed by atoms with E-state index in [0.717, 1.165) is 44.6 Å². The van der Waals surface area contributed by atoms with Crippen LogP contribution in [0.2, 0.25) is 0 Å². The summed E-state index contributed by atoms with van der Waals surface area (Å²) in [5.41, 5.74) is 2.97. The maximum Gasteiger partial charge on any atom is 0.267 e. The molecular weight excluding hydrogens is 288 g/mol. The molecule has 3 rings (SSSR count). The zero-order chi connectivity index (χ0) is 16.1. The van der Waals surface area contributed by atoms with Crippen molar-refractivity contribution in [1.29, 1.82) is 0 Å². The third-order valence-electron chi connectivity index (χ3n) is 4.34. The average Bonchev–Trinajstić information content (AvgIpc) is 3.05. The van der Waals surface area contributed by atoms with Gasteiger partial charge in [0, 0.05) is 37.2 Å². The number of H-pyrrole nitrogens is 1. The number of aryl methyl sites for hydroxylation is 1. The van der Waals surface area contributed by atoms with Gasteiger partial charge >= 0.3 is 0 Å². The highest BCUT2D eigenvalue weighted by molar-refractivity contribution is 5.92. The number of aromatic amines is 1. The van der Waals surface area contributed by atoms with E-state index in [4.69, 9.17) is 0 Å². The summed E-state index contributed by atoms with van der Waals surface area (Å²) in [6.07, 6.45) is 6.76. The first kappa shape index (κ1) is 15.7. The smallest absolute Gasteiger partial charge is 0.267 e. The van der Waals surface area contributed by atoms with Crippen LogP contribution in [0.5, 0.6) is 0 Å². The molecule has 23 heavy (non-hydrogen) atoms. The van der Waals surface area contributed by atoms with Crippen LogP contribution in [0.25, 0.3) is 0 Å². The molecule has 5 heteroatoms. The van der Waals surface area contributed by atoms with Gasteiger partial charge in [0.05, 0.1) is 0 Å². The van der Waals surface area contributed by atoms with E-state index in [1.807, 2.05) is 24.4 Å². The molecule has 1 saturated heterocycles. The lowest BCUT2D eigenvalue weighted by Gasteiger charge is -2.33. The van der Waals surface area contributed by atoms with Gasteiger partial charge in [0.2, 0.25) is 0 Å². The maximum absolute atomic E-state index is 12.3. The van der Waals surface area contributed by atoms with Crippen LogP contribution < -0.4 is 5.32 Å². The van der Waals surface area contributed by atoms with Gasteiger partial charge in [-0.3, -0.25) is 14.7 Å². The second kappa shape index (κ2) is 7.42. The zero-order valence-electron chi connectivity index (χ0n) is 13.6. The summed E-state index contributed by atoms with van der Waals surface area (Å²) in [4.78, 5) is 22.1. The van der Waals surface area contributed by atoms with Gasteiger partial charge in [-0.05, 0) is 49.6 Å². The minimum absolute atomic E-state index is 0.00192. The third kappa shape index (κ3) is 4.20. The molecule has 1 atom stereocenters. The molecule has 0 saturated carbocycles. The van der Waals surface area contributed by atoms with E-state index in [0.29, 0.717) is 5.69 Å². The first-order valence-electron chi connectivity index (χ1n) is 8.34. The standard InChI is InChI=1S/C18H24N4O/c1-2-15-7-8-17(20-15)18(23)21-16-6-4-10-22(13-16)12-14-5-3-9-19-11-14/h3,5,7-9,11,16,20H,2,4,6,10,12-13H2,1H3,(H,21,23). The lowest BCUT2D eigenvalue weighted by Crippen LogP contribution is -2.47. The Bertz CT molecular complexity index is 637. The largest absolute Gasteiger partial charge is 0.354 e. The number of hydrogen-bond donors (Lipinski definition) is 2. The summed E-state index contributed by atoms with van der Waals surface area (Å²) < 4.78 is 0. The van der Waals surface area contributed by atoms with Gasteiger partial charge < -0.3 is 10.3 Å². The van der Waals surface area contributed by atoms with E-state index < -0.39 is 0 Å². The van der Waals surface area contributed by atoms with Gasteiger partial charge in [-0.25, -0.2) is 0 Å². The SMILES string of the molecule is CCc1ccc(C(=O)NC2CCCN(Cc3cccnc3)C2)[nH]1. The molecule has 0 bridgehead atoms. The predicted octanol–water partition coefficient (Wildman–Crippen LogP) is 2.37. The Hall–Kier alpha value is -2.14. The lowest BCUT2D eigenvalue weighted by atomic mass is 10.0. The van der Waals surface area contributed by atoms with Crippen LogP contribution in [-0.2, 0) is 13.0 Å². The Morgan fingerprint density at radius 3 is 3.09 bits per heavy atom. The second-order valence-electron chi connectivity index (χ2n) is 6.16. The zero-order valence-corrected chi connectivity index (χ0v) is 13.6. The normalized spacial score (nSPS) is 18.7. The Morgan fingerprint density at radius 1 is 1.43 bits per heavy atom. The number of nitrogens with zero attached hydrogens (tertiary/aromatic N) is 2. The highest BCUT2D eigenvalue weighted by Crippen LogP contribution is 2.14. The topological polar surface area (TPSA) is 61.0 Å². The second-order valence-corrected chi connectivity index (χ2v) is 6.16. The molecule has 0 spiro atoms. The van der Waals surface area contributed by atoms with E-state index in [-0.39, 0.29) is 11.9 Å². The van der Waals surface area contributed by atoms with Crippen LogP contribution in [-0.4, -0.2) is 39.9 Å². The van der Waals surface area contributed by atoms with Crippen molar-refractivity contribution in [3.63, 3.8) is 0 Å². The Morgan fingerprint density at radius 2 is 2.35 bits per heavy atom. The van der Waals surface area contributed by atoms with Gasteiger partial charge in [-0.2, -0.15) is 0 Å². The fourth-order valence-electron chi connectivity index (χ4n) is 3.11. The van der Waals surface area contributed by atoms with Crippen molar-refractivity contribution in [2.45, 2.75) is 38.8 Å². The van der Waals surface area contributed by atoms with E-state index in [1.165, 1.54) is 5.56 Å². The highest BCUT2D eigenvalue weighted by Gasteiger charge is 2.22. The van der Waals surface area contributed by atoms with Crippen LogP contribution >= 0.6 is 0 Å². The number of pyridine rings is 1. The van der Waals surface area contributed by atoms with Crippen molar-refractivity contribution >= 4 is 5.91 Å². The molecule has 0 aromatic carbocycles. The van der Waals surface area contributed by atoms with Crippen molar-refractivity contribution < 1.29 is 4.79 Å². The number of hydrogen-bond acceptors (Lipinski definition) is 3. The summed E-state index contributed by atoms with van der Waals surface area (Å²) in [6, 6.07) is 8.12. The molecule has 2 aromatic rings. The Kier molecular flexibility index (Phi) is 5.08. The molecule has 1 unspecified atom stereocenters. The minimum Gasteiger partial charge on any atom is -0.354 e. The molecule has 1 fully saturated rings. The molecule has 1 aliphatic rings. The van der Waals surface area contributed by atoms with Gasteiger partial charge in [0.25, 0.3) is 5.91 Å². The molecule has 0 radical (unpaired) electrons. The van der Waals surface area contributed by atoms with Crippen molar-refractivity contribution in [3.8, 4) is 0 Å². The van der Waals surface area contributed by atoms with Crippen LogP contribution in [0.3, 0.4) is 0 Å². The number of rotatable bonds is 5. The molecule has 3 heterocycles. The van der Waals surface area contributed by atoms with Crippen LogP contribution in [0.4, 0.5) is 0 Å². The number of aromatic nitrogens is 2. The fourth-order valence-corrected chi connectivity index (χ4v) is 3.11. The number of amides is 1. The first-order valence-corrected chi connectivity index (χ1v) is 8.34. The van der Waals surface area contributed by atoms with Crippen LogP contribution in [0.1, 0.15) is 41.5 Å². The first-order chi connectivity index (χ1) is 11.2. The number of carbonyl (C=O) groups excluding carboxylic acids is 1. The van der Waals surface area contributed by atoms with Gasteiger partial charge in [0.1, 0.15) is 5.69 Å². The van der Waals surface area contributed by atoms with Crippen molar-refractivity contribution in [2.24, 2.45) is 0 Å². The monoisotopic (exact) mass is 312 g/mol. The van der Waals surface area contributed by atoms with Crippen LogP contribution in [0.15, 0.2) is 36.7 Å². The quantitative estimate of drug-likeness (QED) is 0.891. The summed E-state index contributed by atoms with van der Waals surface area (Å²) >= 11 is 0. The summed E-state index contributed by atoms with van der Waals surface area (Å²) in [5.74, 6) is -0.00192. The summed E-state index contributed by atoms with van der Waals surface area (Å²) in [7, 11) is 0. The molecule has 122 valence electrons. The van der Waals surface area contributed by atoms with E-state index >= 15 is 0 Å². The maximum atomic E-state index is 12.3. The lowest BCUT2D eigenvalue weighted by molar-refractivity contribution is 0.0896. The molecule has 5 nitrogen and oxygen atoms in total.